The summed E-state index contributed by atoms with van der Waals surface area (Å²) in [7, 11) is 1.34. The predicted octanol–water partition coefficient (Wildman–Crippen LogP) is 4.18. The van der Waals surface area contributed by atoms with Crippen molar-refractivity contribution in [2.45, 2.75) is 6.92 Å². The Morgan fingerprint density at radius 3 is 2.53 bits per heavy atom. The van der Waals surface area contributed by atoms with Crippen LogP contribution in [-0.4, -0.2) is 13.1 Å². The van der Waals surface area contributed by atoms with Gasteiger partial charge in [-0.05, 0) is 48.9 Å². The molecular weight excluding hydrogens is 264 g/mol. The van der Waals surface area contributed by atoms with Gasteiger partial charge >= 0.3 is 5.97 Å². The molecule has 0 amide bonds. The molecule has 0 atom stereocenters. The van der Waals surface area contributed by atoms with Crippen molar-refractivity contribution in [3.63, 3.8) is 0 Å². The number of carbonyl (C=O) groups excluding carboxylic acids is 1. The van der Waals surface area contributed by atoms with Crippen molar-refractivity contribution in [3.8, 4) is 11.3 Å². The van der Waals surface area contributed by atoms with Crippen LogP contribution in [0.1, 0.15) is 12.7 Å². The van der Waals surface area contributed by atoms with Gasteiger partial charge in [0.25, 0.3) is 0 Å². The number of ether oxygens (including phenoxy) is 1. The molecule has 1 aromatic heterocycles. The Balaban J connectivity index is 2.26. The highest BCUT2D eigenvalue weighted by Gasteiger charge is 2.07. The van der Waals surface area contributed by atoms with Crippen LogP contribution in [-0.2, 0) is 9.53 Å². The lowest BCUT2D eigenvalue weighted by molar-refractivity contribution is -0.134. The number of hydrogen-bond donors (Lipinski definition) is 0. The second kappa shape index (κ2) is 5.76. The summed E-state index contributed by atoms with van der Waals surface area (Å²) in [5.41, 5.74) is 1.65. The molecule has 0 radical (unpaired) electrons. The molecule has 19 heavy (non-hydrogen) atoms. The van der Waals surface area contributed by atoms with Crippen molar-refractivity contribution in [1.29, 1.82) is 0 Å². The maximum atomic E-state index is 11.2. The molecule has 2 aromatic rings. The minimum Gasteiger partial charge on any atom is -0.466 e. The van der Waals surface area contributed by atoms with Gasteiger partial charge < -0.3 is 9.15 Å². The summed E-state index contributed by atoms with van der Waals surface area (Å²) < 4.78 is 10.3. The number of hydrogen-bond acceptors (Lipinski definition) is 3. The minimum absolute atomic E-state index is 0.401. The van der Waals surface area contributed by atoms with Crippen LogP contribution in [0.4, 0.5) is 0 Å². The molecule has 1 aromatic carbocycles. The number of benzene rings is 1. The lowest BCUT2D eigenvalue weighted by Crippen LogP contribution is -1.95. The first kappa shape index (κ1) is 13.4. The van der Waals surface area contributed by atoms with Crippen molar-refractivity contribution in [3.05, 3.63) is 53.3 Å². The highest BCUT2D eigenvalue weighted by Crippen LogP contribution is 2.26. The largest absolute Gasteiger partial charge is 0.466 e. The van der Waals surface area contributed by atoms with Gasteiger partial charge in [0, 0.05) is 16.7 Å². The van der Waals surface area contributed by atoms with Crippen molar-refractivity contribution in [2.24, 2.45) is 0 Å². The van der Waals surface area contributed by atoms with Crippen LogP contribution in [0.5, 0.6) is 0 Å². The molecule has 0 spiro atoms. The van der Waals surface area contributed by atoms with Gasteiger partial charge in [0.15, 0.2) is 0 Å². The van der Waals surface area contributed by atoms with Crippen molar-refractivity contribution >= 4 is 23.1 Å². The Kier molecular flexibility index (Phi) is 4.07. The molecule has 0 unspecified atom stereocenters. The Hall–Kier alpha value is -2.00. The zero-order valence-corrected chi connectivity index (χ0v) is 11.4. The Bertz CT molecular complexity index is 609. The van der Waals surface area contributed by atoms with E-state index < -0.39 is 5.97 Å². The molecule has 2 rings (SSSR count). The molecule has 0 aliphatic rings. The predicted molar refractivity (Wildman–Crippen MR) is 74.8 cm³/mol. The van der Waals surface area contributed by atoms with Crippen LogP contribution in [0, 0.1) is 0 Å². The maximum absolute atomic E-state index is 11.2. The van der Waals surface area contributed by atoms with Crippen LogP contribution in [0.25, 0.3) is 16.9 Å². The number of methoxy groups -OCH3 is 1. The van der Waals surface area contributed by atoms with Gasteiger partial charge in [-0.3, -0.25) is 0 Å². The number of allylic oxidation sites excluding steroid dienone is 1. The number of halogens is 1. The van der Waals surface area contributed by atoms with Crippen molar-refractivity contribution in [1.82, 2.24) is 0 Å². The number of rotatable bonds is 3. The summed E-state index contributed by atoms with van der Waals surface area (Å²) in [6.45, 7) is 1.79. The highest BCUT2D eigenvalue weighted by molar-refractivity contribution is 6.30. The maximum Gasteiger partial charge on any atom is 0.330 e. The van der Waals surface area contributed by atoms with Gasteiger partial charge in [-0.15, -0.1) is 0 Å². The third-order valence-corrected chi connectivity index (χ3v) is 2.91. The second-order valence-electron chi connectivity index (χ2n) is 4.02. The van der Waals surface area contributed by atoms with Crippen LogP contribution >= 0.6 is 11.6 Å². The van der Waals surface area contributed by atoms with E-state index in [4.69, 9.17) is 16.0 Å². The zero-order chi connectivity index (χ0) is 13.8. The normalized spacial score (nSPS) is 11.4. The molecule has 0 saturated carbocycles. The second-order valence-corrected chi connectivity index (χ2v) is 4.46. The first-order valence-corrected chi connectivity index (χ1v) is 6.10. The van der Waals surface area contributed by atoms with Crippen LogP contribution in [0.2, 0.25) is 5.02 Å². The van der Waals surface area contributed by atoms with E-state index in [9.17, 15) is 4.79 Å². The molecule has 0 aliphatic heterocycles. The minimum atomic E-state index is -0.401. The monoisotopic (exact) mass is 276 g/mol. The molecule has 0 aliphatic carbocycles. The van der Waals surface area contributed by atoms with Gasteiger partial charge in [-0.1, -0.05) is 11.6 Å². The lowest BCUT2D eigenvalue weighted by atomic mass is 10.2. The van der Waals surface area contributed by atoms with Crippen LogP contribution in [0.3, 0.4) is 0 Å². The van der Waals surface area contributed by atoms with E-state index in [1.165, 1.54) is 13.2 Å². The van der Waals surface area contributed by atoms with Crippen molar-refractivity contribution < 1.29 is 13.9 Å². The van der Waals surface area contributed by atoms with E-state index in [0.29, 0.717) is 16.4 Å². The molecule has 3 nitrogen and oxygen atoms in total. The van der Waals surface area contributed by atoms with E-state index in [0.717, 1.165) is 11.3 Å². The van der Waals surface area contributed by atoms with Crippen molar-refractivity contribution in [2.75, 3.05) is 7.11 Å². The molecule has 0 N–H and O–H groups in total. The van der Waals surface area contributed by atoms with Crippen LogP contribution < -0.4 is 0 Å². The molecule has 0 fully saturated rings. The van der Waals surface area contributed by atoms with Gasteiger partial charge in [-0.2, -0.15) is 0 Å². The van der Waals surface area contributed by atoms with Gasteiger partial charge in [0.1, 0.15) is 11.5 Å². The average molecular weight is 277 g/mol. The van der Waals surface area contributed by atoms with Gasteiger partial charge in [0.2, 0.25) is 0 Å². The van der Waals surface area contributed by atoms with E-state index >= 15 is 0 Å². The van der Waals surface area contributed by atoms with Crippen LogP contribution in [0.15, 0.2) is 46.9 Å². The van der Waals surface area contributed by atoms with E-state index in [-0.39, 0.29) is 0 Å². The number of esters is 1. The first-order valence-electron chi connectivity index (χ1n) is 5.72. The Labute approximate surface area is 116 Å². The Morgan fingerprint density at radius 1 is 1.21 bits per heavy atom. The van der Waals surface area contributed by atoms with E-state index in [1.54, 1.807) is 19.1 Å². The van der Waals surface area contributed by atoms with Gasteiger partial charge in [-0.25, -0.2) is 4.79 Å². The van der Waals surface area contributed by atoms with Gasteiger partial charge in [0.05, 0.1) is 7.11 Å². The quantitative estimate of drug-likeness (QED) is 0.624. The summed E-state index contributed by atoms with van der Waals surface area (Å²) >= 11 is 5.84. The molecule has 1 heterocycles. The third kappa shape index (κ3) is 3.26. The van der Waals surface area contributed by atoms with E-state index in [2.05, 4.69) is 4.74 Å². The molecule has 98 valence electrons. The molecule has 0 bridgehead atoms. The standard InChI is InChI=1S/C15H13ClO3/c1-10(9-15(17)18-2)13-7-8-14(19-13)11-3-5-12(16)6-4-11/h3-9H,1-2H3/b10-9+. The first-order chi connectivity index (χ1) is 9.10. The SMILES string of the molecule is COC(=O)/C=C(\C)c1ccc(-c2ccc(Cl)cc2)o1. The highest BCUT2D eigenvalue weighted by atomic mass is 35.5. The summed E-state index contributed by atoms with van der Waals surface area (Å²) in [5.74, 6) is 0.960. The smallest absolute Gasteiger partial charge is 0.330 e. The summed E-state index contributed by atoms with van der Waals surface area (Å²) in [5, 5.41) is 0.678. The average Bonchev–Trinajstić information content (AvgIpc) is 2.89. The molecule has 0 saturated heterocycles. The lowest BCUT2D eigenvalue weighted by Gasteiger charge is -1.98. The molecule has 4 heteroatoms. The summed E-state index contributed by atoms with van der Waals surface area (Å²) in [6, 6.07) is 11.0. The fourth-order valence-corrected chi connectivity index (χ4v) is 1.75. The summed E-state index contributed by atoms with van der Waals surface area (Å²) in [6.07, 6.45) is 1.39. The molecular formula is C15H13ClO3. The fourth-order valence-electron chi connectivity index (χ4n) is 1.63. The number of furan rings is 1. The van der Waals surface area contributed by atoms with E-state index in [1.807, 2.05) is 24.3 Å². The Morgan fingerprint density at radius 2 is 1.89 bits per heavy atom. The zero-order valence-electron chi connectivity index (χ0n) is 10.6. The summed E-state index contributed by atoms with van der Waals surface area (Å²) in [4.78, 5) is 11.2. The topological polar surface area (TPSA) is 39.4 Å². The number of carbonyl (C=O) groups is 1. The third-order valence-electron chi connectivity index (χ3n) is 2.66. The fraction of sp³-hybridized carbons (Fsp3) is 0.133.